The second-order valence-corrected chi connectivity index (χ2v) is 8.05. The van der Waals surface area contributed by atoms with E-state index >= 15 is 0 Å². The van der Waals surface area contributed by atoms with Crippen LogP contribution in [0.25, 0.3) is 0 Å². The van der Waals surface area contributed by atoms with Crippen LogP contribution in [-0.2, 0) is 4.74 Å². The molecule has 2 aliphatic rings. The second kappa shape index (κ2) is 6.61. The molecule has 8 heteroatoms. The molecule has 0 atom stereocenters. The molecule has 0 saturated carbocycles. The maximum absolute atomic E-state index is 11.0. The Balaban J connectivity index is 2.10. The molecule has 2 aliphatic carbocycles. The van der Waals surface area contributed by atoms with Crippen LogP contribution in [0.15, 0.2) is 77.3 Å². The van der Waals surface area contributed by atoms with E-state index in [1.54, 1.807) is 24.3 Å². The molecule has 1 aromatic rings. The fourth-order valence-electron chi connectivity index (χ4n) is 2.40. The summed E-state index contributed by atoms with van der Waals surface area (Å²) in [4.78, 5) is 11.0. The molecule has 130 valence electrons. The number of hydrogen-bond acceptors (Lipinski definition) is 3. The number of allylic oxidation sites excluding steroid dienone is 5. The monoisotopic (exact) mass is 418 g/mol. The SMILES string of the molecule is O=C(O)OC1=C2C=CC(Cl)(Cl)C=C2C(Oc2ccccc2)=CC1(Cl)Cl. The Morgan fingerprint density at radius 2 is 1.72 bits per heavy atom. The molecule has 0 heterocycles. The zero-order valence-corrected chi connectivity index (χ0v) is 15.4. The van der Waals surface area contributed by atoms with E-state index in [2.05, 4.69) is 0 Å². The highest BCUT2D eigenvalue weighted by Crippen LogP contribution is 2.47. The molecule has 0 aromatic heterocycles. The molecular formula is C17H10Cl4O4. The normalized spacial score (nSPS) is 20.3. The van der Waals surface area contributed by atoms with Gasteiger partial charge in [-0.15, -0.1) is 0 Å². The lowest BCUT2D eigenvalue weighted by Crippen LogP contribution is -2.28. The Bertz CT molecular complexity index is 835. The number of rotatable bonds is 3. The summed E-state index contributed by atoms with van der Waals surface area (Å²) in [7, 11) is 0. The molecular weight excluding hydrogens is 410 g/mol. The van der Waals surface area contributed by atoms with Gasteiger partial charge in [-0.1, -0.05) is 70.7 Å². The molecule has 1 aromatic carbocycles. The van der Waals surface area contributed by atoms with E-state index in [0.29, 0.717) is 16.9 Å². The first-order chi connectivity index (χ1) is 11.7. The van der Waals surface area contributed by atoms with Gasteiger partial charge in [-0.2, -0.15) is 0 Å². The van der Waals surface area contributed by atoms with Gasteiger partial charge in [0, 0.05) is 17.2 Å². The Kier molecular flexibility index (Phi) is 4.82. The van der Waals surface area contributed by atoms with Crippen molar-refractivity contribution in [3.8, 4) is 5.75 Å². The molecule has 0 fully saturated rings. The van der Waals surface area contributed by atoms with Gasteiger partial charge in [0.2, 0.25) is 0 Å². The van der Waals surface area contributed by atoms with Crippen LogP contribution in [0.4, 0.5) is 4.79 Å². The third-order valence-corrected chi connectivity index (χ3v) is 4.42. The van der Waals surface area contributed by atoms with E-state index in [4.69, 9.17) is 61.0 Å². The highest BCUT2D eigenvalue weighted by atomic mass is 35.5. The van der Waals surface area contributed by atoms with Gasteiger partial charge < -0.3 is 14.6 Å². The lowest BCUT2D eigenvalue weighted by atomic mass is 9.90. The van der Waals surface area contributed by atoms with E-state index in [9.17, 15) is 4.79 Å². The number of benzene rings is 1. The van der Waals surface area contributed by atoms with Gasteiger partial charge in [0.15, 0.2) is 14.4 Å². The quantitative estimate of drug-likeness (QED) is 0.500. The molecule has 0 aliphatic heterocycles. The zero-order chi connectivity index (χ0) is 18.2. The Hall–Kier alpha value is -1.59. The number of alkyl halides is 4. The summed E-state index contributed by atoms with van der Waals surface area (Å²) < 4.78 is 7.59. The first kappa shape index (κ1) is 18.2. The molecule has 0 saturated heterocycles. The molecule has 0 radical (unpaired) electrons. The van der Waals surface area contributed by atoms with Crippen LogP contribution in [0, 0.1) is 0 Å². The van der Waals surface area contributed by atoms with Crippen LogP contribution in [0.3, 0.4) is 0 Å². The third kappa shape index (κ3) is 3.98. The van der Waals surface area contributed by atoms with Crippen molar-refractivity contribution in [2.45, 2.75) is 8.67 Å². The Morgan fingerprint density at radius 3 is 2.36 bits per heavy atom. The van der Waals surface area contributed by atoms with E-state index < -0.39 is 14.8 Å². The number of hydrogen-bond donors (Lipinski definition) is 1. The number of carboxylic acid groups (broad SMARTS) is 1. The van der Waals surface area contributed by atoms with Crippen LogP contribution >= 0.6 is 46.4 Å². The van der Waals surface area contributed by atoms with Crippen LogP contribution in [0.5, 0.6) is 5.75 Å². The smallest absolute Gasteiger partial charge is 0.457 e. The molecule has 1 N–H and O–H groups in total. The minimum Gasteiger partial charge on any atom is -0.457 e. The maximum atomic E-state index is 11.0. The van der Waals surface area contributed by atoms with Gasteiger partial charge in [-0.05, 0) is 24.3 Å². The maximum Gasteiger partial charge on any atom is 0.511 e. The predicted octanol–water partition coefficient (Wildman–Crippen LogP) is 5.76. The van der Waals surface area contributed by atoms with Gasteiger partial charge in [0.1, 0.15) is 11.5 Å². The second-order valence-electron chi connectivity index (χ2n) is 5.22. The van der Waals surface area contributed by atoms with Crippen molar-refractivity contribution in [2.75, 3.05) is 0 Å². The summed E-state index contributed by atoms with van der Waals surface area (Å²) in [6, 6.07) is 8.92. The van der Waals surface area contributed by atoms with Gasteiger partial charge in [0.25, 0.3) is 0 Å². The standard InChI is InChI=1S/C17H10Cl4O4/c18-16(19)7-6-11-12(8-16)13(24-10-4-2-1-3-5-10)9-17(20,21)14(11)25-15(22)23/h1-9H,(H,22,23). The summed E-state index contributed by atoms with van der Waals surface area (Å²) in [6.45, 7) is 0. The number of halogens is 4. The lowest BCUT2D eigenvalue weighted by Gasteiger charge is -2.31. The van der Waals surface area contributed by atoms with E-state index in [1.807, 2.05) is 6.07 Å². The first-order valence-corrected chi connectivity index (χ1v) is 8.49. The summed E-state index contributed by atoms with van der Waals surface area (Å²) in [6.07, 6.45) is 4.23. The largest absolute Gasteiger partial charge is 0.511 e. The average Bonchev–Trinajstić information content (AvgIpc) is 2.51. The molecule has 3 rings (SSSR count). The van der Waals surface area contributed by atoms with Crippen molar-refractivity contribution in [3.63, 3.8) is 0 Å². The number of ether oxygens (including phenoxy) is 2. The topological polar surface area (TPSA) is 55.8 Å². The van der Waals surface area contributed by atoms with Crippen molar-refractivity contribution in [1.82, 2.24) is 0 Å². The molecule has 0 bridgehead atoms. The number of fused-ring (bicyclic) bond motifs is 1. The molecule has 0 unspecified atom stereocenters. The first-order valence-electron chi connectivity index (χ1n) is 6.98. The highest BCUT2D eigenvalue weighted by Gasteiger charge is 2.42. The van der Waals surface area contributed by atoms with Gasteiger partial charge in [-0.25, -0.2) is 4.79 Å². The molecule has 4 nitrogen and oxygen atoms in total. The highest BCUT2D eigenvalue weighted by molar-refractivity contribution is 6.52. The number of carbonyl (C=O) groups is 1. The predicted molar refractivity (Wildman–Crippen MR) is 97.4 cm³/mol. The summed E-state index contributed by atoms with van der Waals surface area (Å²) in [5, 5.41) is 8.97. The van der Waals surface area contributed by atoms with Crippen LogP contribution in [0.1, 0.15) is 0 Å². The van der Waals surface area contributed by atoms with Gasteiger partial charge in [0.05, 0.1) is 0 Å². The third-order valence-electron chi connectivity index (χ3n) is 3.38. The Labute approximate surface area is 163 Å². The van der Waals surface area contributed by atoms with Gasteiger partial charge >= 0.3 is 6.16 Å². The molecule has 0 amide bonds. The van der Waals surface area contributed by atoms with Crippen molar-refractivity contribution in [3.05, 3.63) is 77.3 Å². The minimum absolute atomic E-state index is 0.171. The summed E-state index contributed by atoms with van der Waals surface area (Å²) >= 11 is 24.9. The van der Waals surface area contributed by atoms with E-state index in [0.717, 1.165) is 0 Å². The van der Waals surface area contributed by atoms with Crippen LogP contribution in [0.2, 0.25) is 0 Å². The average molecular weight is 420 g/mol. The fourth-order valence-corrected chi connectivity index (χ4v) is 3.23. The summed E-state index contributed by atoms with van der Waals surface area (Å²) in [5.41, 5.74) is 0.738. The van der Waals surface area contributed by atoms with Crippen LogP contribution in [-0.4, -0.2) is 19.9 Å². The van der Waals surface area contributed by atoms with Crippen molar-refractivity contribution >= 4 is 52.6 Å². The molecule has 0 spiro atoms. The molecule has 25 heavy (non-hydrogen) atoms. The van der Waals surface area contributed by atoms with E-state index in [-0.39, 0.29) is 11.5 Å². The lowest BCUT2D eigenvalue weighted by molar-refractivity contribution is 0.115. The van der Waals surface area contributed by atoms with Crippen molar-refractivity contribution in [1.29, 1.82) is 0 Å². The minimum atomic E-state index is -1.75. The van der Waals surface area contributed by atoms with Crippen LogP contribution < -0.4 is 4.74 Å². The van der Waals surface area contributed by atoms with E-state index in [1.165, 1.54) is 24.3 Å². The summed E-state index contributed by atoms with van der Waals surface area (Å²) in [5.74, 6) is 0.638. The fraction of sp³-hybridized carbons (Fsp3) is 0.118. The van der Waals surface area contributed by atoms with Crippen molar-refractivity contribution in [2.24, 2.45) is 0 Å². The zero-order valence-electron chi connectivity index (χ0n) is 12.4. The Morgan fingerprint density at radius 1 is 1.04 bits per heavy atom. The van der Waals surface area contributed by atoms with Crippen molar-refractivity contribution < 1.29 is 19.4 Å². The number of para-hydroxylation sites is 1. The van der Waals surface area contributed by atoms with Gasteiger partial charge in [-0.3, -0.25) is 0 Å².